The minimum absolute atomic E-state index is 0.0477. The fourth-order valence-corrected chi connectivity index (χ4v) is 1.35. The van der Waals surface area contributed by atoms with Gasteiger partial charge in [0.2, 0.25) is 0 Å². The molecule has 0 atom stereocenters. The number of carbonyl (C=O) groups excluding carboxylic acids is 1. The number of carbonyl (C=O) groups is 1. The van der Waals surface area contributed by atoms with Crippen LogP contribution < -0.4 is 11.1 Å². The third-order valence-electron chi connectivity index (χ3n) is 3.34. The molecule has 1 aromatic carbocycles. The molecule has 0 saturated heterocycles. The number of rotatable bonds is 5. The Kier molecular flexibility index (Phi) is 4.87. The van der Waals surface area contributed by atoms with Crippen molar-refractivity contribution < 1.29 is 4.79 Å². The summed E-state index contributed by atoms with van der Waals surface area (Å²) >= 11 is 0. The molecule has 4 nitrogen and oxygen atoms in total. The molecular weight excluding hydrogens is 226 g/mol. The fourth-order valence-electron chi connectivity index (χ4n) is 1.35. The van der Waals surface area contributed by atoms with E-state index in [0.717, 1.165) is 5.56 Å². The van der Waals surface area contributed by atoms with Gasteiger partial charge in [-0.05, 0) is 45.6 Å². The molecule has 0 aliphatic carbocycles. The maximum absolute atomic E-state index is 12.0. The van der Waals surface area contributed by atoms with Crippen LogP contribution in [-0.4, -0.2) is 37.0 Å². The highest BCUT2D eigenvalue weighted by molar-refractivity contribution is 5.94. The zero-order valence-corrected chi connectivity index (χ0v) is 11.7. The van der Waals surface area contributed by atoms with Gasteiger partial charge in [0.1, 0.15) is 0 Å². The van der Waals surface area contributed by atoms with Crippen molar-refractivity contribution >= 4 is 5.91 Å². The number of nitrogens with zero attached hydrogens (tertiary/aromatic N) is 1. The molecule has 0 aromatic heterocycles. The van der Waals surface area contributed by atoms with Crippen LogP contribution in [0.4, 0.5) is 0 Å². The Hall–Kier alpha value is -1.39. The van der Waals surface area contributed by atoms with Gasteiger partial charge in [-0.25, -0.2) is 0 Å². The molecule has 100 valence electrons. The van der Waals surface area contributed by atoms with Crippen molar-refractivity contribution in [3.63, 3.8) is 0 Å². The lowest BCUT2D eigenvalue weighted by molar-refractivity contribution is 0.0919. The molecule has 0 bridgehead atoms. The van der Waals surface area contributed by atoms with Gasteiger partial charge in [-0.2, -0.15) is 0 Å². The van der Waals surface area contributed by atoms with Crippen molar-refractivity contribution in [3.05, 3.63) is 35.4 Å². The van der Waals surface area contributed by atoms with Crippen LogP contribution in [0.1, 0.15) is 29.8 Å². The van der Waals surface area contributed by atoms with E-state index in [2.05, 4.69) is 24.1 Å². The van der Waals surface area contributed by atoms with E-state index < -0.39 is 0 Å². The summed E-state index contributed by atoms with van der Waals surface area (Å²) in [5.74, 6) is -0.0477. The molecule has 0 radical (unpaired) electrons. The van der Waals surface area contributed by atoms with Gasteiger partial charge in [-0.1, -0.05) is 12.1 Å². The summed E-state index contributed by atoms with van der Waals surface area (Å²) in [6.45, 7) is 5.28. The molecule has 0 spiro atoms. The van der Waals surface area contributed by atoms with Crippen molar-refractivity contribution in [1.82, 2.24) is 10.2 Å². The lowest BCUT2D eigenvalue weighted by Gasteiger charge is -2.32. The average molecular weight is 249 g/mol. The molecule has 0 unspecified atom stereocenters. The molecule has 0 aliphatic rings. The molecule has 0 aliphatic heterocycles. The maximum atomic E-state index is 12.0. The van der Waals surface area contributed by atoms with Gasteiger partial charge >= 0.3 is 0 Å². The van der Waals surface area contributed by atoms with E-state index in [9.17, 15) is 4.79 Å². The Balaban J connectivity index is 2.60. The third-order valence-corrected chi connectivity index (χ3v) is 3.34. The molecular formula is C14H23N3O. The molecule has 0 fully saturated rings. The summed E-state index contributed by atoms with van der Waals surface area (Å²) in [6, 6.07) is 7.37. The minimum atomic E-state index is -0.0626. The third kappa shape index (κ3) is 3.82. The van der Waals surface area contributed by atoms with Crippen LogP contribution in [0.25, 0.3) is 0 Å². The van der Waals surface area contributed by atoms with Crippen molar-refractivity contribution in [3.8, 4) is 0 Å². The second-order valence-corrected chi connectivity index (χ2v) is 5.29. The van der Waals surface area contributed by atoms with Crippen molar-refractivity contribution in [1.29, 1.82) is 0 Å². The number of benzene rings is 1. The van der Waals surface area contributed by atoms with Crippen LogP contribution in [0, 0.1) is 0 Å². The number of nitrogens with two attached hydrogens (primary N) is 1. The number of hydrogen-bond acceptors (Lipinski definition) is 3. The van der Waals surface area contributed by atoms with E-state index >= 15 is 0 Å². The first-order valence-corrected chi connectivity index (χ1v) is 6.11. The lowest BCUT2D eigenvalue weighted by atomic mass is 10.0. The predicted octanol–water partition coefficient (Wildman–Crippen LogP) is 1.22. The van der Waals surface area contributed by atoms with Crippen LogP contribution >= 0.6 is 0 Å². The summed E-state index contributed by atoms with van der Waals surface area (Å²) in [4.78, 5) is 14.0. The highest BCUT2D eigenvalue weighted by Gasteiger charge is 2.21. The van der Waals surface area contributed by atoms with Crippen LogP contribution in [-0.2, 0) is 6.54 Å². The van der Waals surface area contributed by atoms with E-state index in [-0.39, 0.29) is 11.4 Å². The monoisotopic (exact) mass is 249 g/mol. The van der Waals surface area contributed by atoms with Gasteiger partial charge in [-0.3, -0.25) is 4.79 Å². The van der Waals surface area contributed by atoms with Crippen molar-refractivity contribution in [2.75, 3.05) is 20.6 Å². The van der Waals surface area contributed by atoms with E-state index in [4.69, 9.17) is 5.73 Å². The largest absolute Gasteiger partial charge is 0.350 e. The standard InChI is InChI=1S/C14H23N3O/c1-14(2,17(3)4)10-16-13(18)12-7-5-11(9-15)6-8-12/h5-8H,9-10,15H2,1-4H3,(H,16,18). The Bertz CT molecular complexity index is 396. The van der Waals surface area contributed by atoms with Gasteiger partial charge in [-0.15, -0.1) is 0 Å². The summed E-state index contributed by atoms with van der Waals surface area (Å²) in [5.41, 5.74) is 7.15. The highest BCUT2D eigenvalue weighted by Crippen LogP contribution is 2.09. The normalized spacial score (nSPS) is 11.7. The molecule has 0 saturated carbocycles. The molecule has 18 heavy (non-hydrogen) atoms. The average Bonchev–Trinajstić information content (AvgIpc) is 2.36. The van der Waals surface area contributed by atoms with Crippen LogP contribution in [0.3, 0.4) is 0 Å². The van der Waals surface area contributed by atoms with Crippen molar-refractivity contribution in [2.45, 2.75) is 25.9 Å². The second kappa shape index (κ2) is 5.98. The summed E-state index contributed by atoms with van der Waals surface area (Å²) in [5, 5.41) is 2.95. The zero-order chi connectivity index (χ0) is 13.8. The van der Waals surface area contributed by atoms with Crippen LogP contribution in [0.5, 0.6) is 0 Å². The zero-order valence-electron chi connectivity index (χ0n) is 11.7. The fraction of sp³-hybridized carbons (Fsp3) is 0.500. The first kappa shape index (κ1) is 14.7. The van der Waals surface area contributed by atoms with Gasteiger partial charge in [0.15, 0.2) is 0 Å². The maximum Gasteiger partial charge on any atom is 0.251 e. The Labute approximate surface area is 109 Å². The van der Waals surface area contributed by atoms with E-state index in [1.807, 2.05) is 26.2 Å². The minimum Gasteiger partial charge on any atom is -0.350 e. The van der Waals surface area contributed by atoms with Gasteiger partial charge < -0.3 is 16.0 Å². The summed E-state index contributed by atoms with van der Waals surface area (Å²) < 4.78 is 0. The van der Waals surface area contributed by atoms with Crippen LogP contribution in [0.2, 0.25) is 0 Å². The van der Waals surface area contributed by atoms with Gasteiger partial charge in [0.25, 0.3) is 5.91 Å². The Morgan fingerprint density at radius 2 is 1.83 bits per heavy atom. The number of nitrogens with one attached hydrogen (secondary N) is 1. The van der Waals surface area contributed by atoms with E-state index in [0.29, 0.717) is 18.7 Å². The summed E-state index contributed by atoms with van der Waals surface area (Å²) in [6.07, 6.45) is 0. The van der Waals surface area contributed by atoms with Gasteiger partial charge in [0, 0.05) is 24.2 Å². The first-order chi connectivity index (χ1) is 8.36. The molecule has 1 rings (SSSR count). The molecule has 1 aromatic rings. The molecule has 1 amide bonds. The van der Waals surface area contributed by atoms with Gasteiger partial charge in [0.05, 0.1) is 0 Å². The lowest BCUT2D eigenvalue weighted by Crippen LogP contribution is -2.48. The Morgan fingerprint density at radius 3 is 2.28 bits per heavy atom. The van der Waals surface area contributed by atoms with Crippen molar-refractivity contribution in [2.24, 2.45) is 5.73 Å². The van der Waals surface area contributed by atoms with E-state index in [1.54, 1.807) is 12.1 Å². The highest BCUT2D eigenvalue weighted by atomic mass is 16.1. The molecule has 4 heteroatoms. The molecule has 3 N–H and O–H groups in total. The number of hydrogen-bond donors (Lipinski definition) is 2. The first-order valence-electron chi connectivity index (χ1n) is 6.11. The number of likely N-dealkylation sites (N-methyl/N-ethyl adjacent to an activating group) is 1. The summed E-state index contributed by atoms with van der Waals surface area (Å²) in [7, 11) is 4.00. The Morgan fingerprint density at radius 1 is 1.28 bits per heavy atom. The smallest absolute Gasteiger partial charge is 0.251 e. The molecule has 0 heterocycles. The van der Waals surface area contributed by atoms with Crippen LogP contribution in [0.15, 0.2) is 24.3 Å². The SMILES string of the molecule is CN(C)C(C)(C)CNC(=O)c1ccc(CN)cc1. The van der Waals surface area contributed by atoms with E-state index in [1.165, 1.54) is 0 Å². The predicted molar refractivity (Wildman–Crippen MR) is 74.4 cm³/mol. The quantitative estimate of drug-likeness (QED) is 0.825. The topological polar surface area (TPSA) is 58.4 Å². The second-order valence-electron chi connectivity index (χ2n) is 5.29. The number of amides is 1.